The molecule has 0 spiro atoms. The summed E-state index contributed by atoms with van der Waals surface area (Å²) < 4.78 is 12.9. The maximum absolute atomic E-state index is 12.9. The van der Waals surface area contributed by atoms with Gasteiger partial charge in [-0.3, -0.25) is 0 Å². The van der Waals surface area contributed by atoms with Crippen LogP contribution in [-0.2, 0) is 0 Å². The number of benzene rings is 1. The van der Waals surface area contributed by atoms with Crippen LogP contribution in [0, 0.1) is 5.82 Å². The Morgan fingerprint density at radius 1 is 1.33 bits per heavy atom. The fraction of sp³-hybridized carbons (Fsp3) is 0.357. The number of nitrogens with one attached hydrogen (secondary N) is 2. The lowest BCUT2D eigenvalue weighted by molar-refractivity contribution is 0.240. The van der Waals surface area contributed by atoms with E-state index in [0.29, 0.717) is 6.04 Å². The average Bonchev–Trinajstić information content (AvgIpc) is 2.82. The third kappa shape index (κ3) is 3.87. The fourth-order valence-electron chi connectivity index (χ4n) is 2.12. The van der Waals surface area contributed by atoms with Crippen molar-refractivity contribution in [3.63, 3.8) is 0 Å². The third-order valence-corrected chi connectivity index (χ3v) is 3.03. The number of rotatable bonds is 3. The number of carbonyl (C=O) groups is 1. The molecule has 1 aliphatic carbocycles. The Bertz CT molecular complexity index is 439. The van der Waals surface area contributed by atoms with Gasteiger partial charge in [0.05, 0.1) is 0 Å². The molecule has 3 nitrogen and oxygen atoms in total. The molecule has 0 aromatic heterocycles. The first-order valence-electron chi connectivity index (χ1n) is 6.23. The van der Waals surface area contributed by atoms with Crippen molar-refractivity contribution in [1.29, 1.82) is 0 Å². The molecular weight excluding hydrogens is 231 g/mol. The van der Waals surface area contributed by atoms with E-state index in [1.165, 1.54) is 31.2 Å². The van der Waals surface area contributed by atoms with E-state index in [0.717, 1.165) is 18.4 Å². The lowest BCUT2D eigenvalue weighted by Gasteiger charge is -2.10. The number of carbonyl (C=O) groups excluding carboxylic acids is 1. The molecule has 1 fully saturated rings. The Morgan fingerprint density at radius 2 is 2.11 bits per heavy atom. The largest absolute Gasteiger partial charge is 0.335 e. The first-order chi connectivity index (χ1) is 8.74. The molecule has 96 valence electrons. The van der Waals surface area contributed by atoms with Gasteiger partial charge in [-0.05, 0) is 36.6 Å². The quantitative estimate of drug-likeness (QED) is 0.848. The van der Waals surface area contributed by atoms with E-state index >= 15 is 0 Å². The Morgan fingerprint density at radius 3 is 2.83 bits per heavy atom. The van der Waals surface area contributed by atoms with Gasteiger partial charge in [0.1, 0.15) is 5.82 Å². The Hall–Kier alpha value is -1.84. The number of urea groups is 1. The normalized spacial score (nSPS) is 16.1. The Labute approximate surface area is 106 Å². The standard InChI is InChI=1S/C14H17FN2O/c15-12-5-3-4-11(10-12)8-9-16-14(18)17-13-6-1-2-7-13/h3-5,8-10,13H,1-2,6-7H2,(H2,16,17,18)/b9-8+. The molecule has 4 heteroatoms. The van der Waals surface area contributed by atoms with Crippen LogP contribution in [0.5, 0.6) is 0 Å². The van der Waals surface area contributed by atoms with E-state index in [1.54, 1.807) is 18.2 Å². The first kappa shape index (κ1) is 12.6. The predicted molar refractivity (Wildman–Crippen MR) is 69.4 cm³/mol. The van der Waals surface area contributed by atoms with Gasteiger partial charge in [-0.2, -0.15) is 0 Å². The second kappa shape index (κ2) is 6.19. The van der Waals surface area contributed by atoms with E-state index in [2.05, 4.69) is 10.6 Å². The zero-order chi connectivity index (χ0) is 12.8. The van der Waals surface area contributed by atoms with Gasteiger partial charge in [-0.1, -0.05) is 25.0 Å². The topological polar surface area (TPSA) is 41.1 Å². The van der Waals surface area contributed by atoms with Crippen molar-refractivity contribution in [2.75, 3.05) is 0 Å². The molecule has 0 bridgehead atoms. The summed E-state index contributed by atoms with van der Waals surface area (Å²) >= 11 is 0. The minimum absolute atomic E-state index is 0.199. The zero-order valence-electron chi connectivity index (χ0n) is 10.2. The average molecular weight is 248 g/mol. The molecule has 18 heavy (non-hydrogen) atoms. The van der Waals surface area contributed by atoms with Crippen LogP contribution in [0.15, 0.2) is 30.5 Å². The molecule has 2 rings (SSSR count). The van der Waals surface area contributed by atoms with Gasteiger partial charge in [0.25, 0.3) is 0 Å². The highest BCUT2D eigenvalue weighted by molar-refractivity contribution is 5.76. The van der Waals surface area contributed by atoms with Crippen molar-refractivity contribution in [3.05, 3.63) is 41.8 Å². The minimum Gasteiger partial charge on any atom is -0.335 e. The van der Waals surface area contributed by atoms with Gasteiger partial charge in [0.2, 0.25) is 0 Å². The molecule has 2 amide bonds. The Kier molecular flexibility index (Phi) is 4.34. The van der Waals surface area contributed by atoms with Gasteiger partial charge in [0.15, 0.2) is 0 Å². The Balaban J connectivity index is 1.78. The molecule has 0 saturated heterocycles. The highest BCUT2D eigenvalue weighted by Crippen LogP contribution is 2.17. The highest BCUT2D eigenvalue weighted by Gasteiger charge is 2.16. The van der Waals surface area contributed by atoms with Gasteiger partial charge in [0, 0.05) is 12.2 Å². The molecule has 1 aromatic rings. The summed E-state index contributed by atoms with van der Waals surface area (Å²) in [5.41, 5.74) is 0.719. The number of hydrogen-bond donors (Lipinski definition) is 2. The van der Waals surface area contributed by atoms with Crippen molar-refractivity contribution >= 4 is 12.1 Å². The summed E-state index contributed by atoms with van der Waals surface area (Å²) in [5, 5.41) is 5.53. The van der Waals surface area contributed by atoms with Crippen LogP contribution >= 0.6 is 0 Å². The van der Waals surface area contributed by atoms with Crippen LogP contribution in [0.4, 0.5) is 9.18 Å². The molecule has 0 aliphatic heterocycles. The van der Waals surface area contributed by atoms with Crippen molar-refractivity contribution < 1.29 is 9.18 Å². The van der Waals surface area contributed by atoms with E-state index in [1.807, 2.05) is 0 Å². The molecule has 1 saturated carbocycles. The zero-order valence-corrected chi connectivity index (χ0v) is 10.2. The van der Waals surface area contributed by atoms with Crippen LogP contribution < -0.4 is 10.6 Å². The smallest absolute Gasteiger partial charge is 0.318 e. The molecule has 0 unspecified atom stereocenters. The van der Waals surface area contributed by atoms with Crippen molar-refractivity contribution in [3.8, 4) is 0 Å². The highest BCUT2D eigenvalue weighted by atomic mass is 19.1. The van der Waals surface area contributed by atoms with Crippen molar-refractivity contribution in [2.45, 2.75) is 31.7 Å². The van der Waals surface area contributed by atoms with E-state index < -0.39 is 0 Å². The summed E-state index contributed by atoms with van der Waals surface area (Å²) in [4.78, 5) is 11.5. The monoisotopic (exact) mass is 248 g/mol. The van der Waals surface area contributed by atoms with Crippen LogP contribution in [0.25, 0.3) is 6.08 Å². The predicted octanol–water partition coefficient (Wildman–Crippen LogP) is 3.04. The molecule has 1 aliphatic rings. The number of hydrogen-bond acceptors (Lipinski definition) is 1. The van der Waals surface area contributed by atoms with Crippen LogP contribution in [0.3, 0.4) is 0 Å². The summed E-state index contributed by atoms with van der Waals surface area (Å²) in [6.07, 6.45) is 7.67. The van der Waals surface area contributed by atoms with E-state index in [4.69, 9.17) is 0 Å². The summed E-state index contributed by atoms with van der Waals surface area (Å²) in [7, 11) is 0. The van der Waals surface area contributed by atoms with Crippen LogP contribution in [-0.4, -0.2) is 12.1 Å². The van der Waals surface area contributed by atoms with Crippen LogP contribution in [0.2, 0.25) is 0 Å². The fourth-order valence-corrected chi connectivity index (χ4v) is 2.12. The maximum Gasteiger partial charge on any atom is 0.318 e. The number of amides is 2. The molecule has 0 atom stereocenters. The molecule has 1 aromatic carbocycles. The maximum atomic E-state index is 12.9. The second-order valence-corrected chi connectivity index (χ2v) is 4.49. The van der Waals surface area contributed by atoms with Crippen molar-refractivity contribution in [1.82, 2.24) is 10.6 Å². The minimum atomic E-state index is -0.285. The molecule has 2 N–H and O–H groups in total. The van der Waals surface area contributed by atoms with Gasteiger partial charge >= 0.3 is 6.03 Å². The van der Waals surface area contributed by atoms with Crippen LogP contribution in [0.1, 0.15) is 31.2 Å². The summed E-state index contributed by atoms with van der Waals surface area (Å²) in [6, 6.07) is 6.30. The summed E-state index contributed by atoms with van der Waals surface area (Å²) in [6.45, 7) is 0. The summed E-state index contributed by atoms with van der Waals surface area (Å²) in [5.74, 6) is -0.285. The lowest BCUT2D eigenvalue weighted by Crippen LogP contribution is -2.38. The third-order valence-electron chi connectivity index (χ3n) is 3.03. The van der Waals surface area contributed by atoms with Gasteiger partial charge < -0.3 is 10.6 Å². The van der Waals surface area contributed by atoms with Gasteiger partial charge in [-0.15, -0.1) is 0 Å². The molecular formula is C14H17FN2O. The first-order valence-corrected chi connectivity index (χ1v) is 6.23. The van der Waals surface area contributed by atoms with Gasteiger partial charge in [-0.25, -0.2) is 9.18 Å². The van der Waals surface area contributed by atoms with E-state index in [9.17, 15) is 9.18 Å². The van der Waals surface area contributed by atoms with E-state index in [-0.39, 0.29) is 11.8 Å². The molecule has 0 heterocycles. The second-order valence-electron chi connectivity index (χ2n) is 4.49. The molecule has 0 radical (unpaired) electrons. The number of halogens is 1. The lowest BCUT2D eigenvalue weighted by atomic mass is 10.2. The van der Waals surface area contributed by atoms with Crippen molar-refractivity contribution in [2.24, 2.45) is 0 Å². The SMILES string of the molecule is O=C(N/C=C/c1cccc(F)c1)NC1CCCC1.